The van der Waals surface area contributed by atoms with Gasteiger partial charge >= 0.3 is 0 Å². The SMILES string of the molecule is CC[C@@]1(n2cnnc2)CCC[C@@](F)(NS(=O)(=O)c2ccccc2)C1. The van der Waals surface area contributed by atoms with Gasteiger partial charge in [-0.2, -0.15) is 4.72 Å². The van der Waals surface area contributed by atoms with Crippen molar-refractivity contribution in [2.45, 2.75) is 55.3 Å². The fourth-order valence-corrected chi connectivity index (χ4v) is 4.82. The van der Waals surface area contributed by atoms with E-state index in [0.717, 1.165) is 6.42 Å². The topological polar surface area (TPSA) is 76.9 Å². The van der Waals surface area contributed by atoms with Gasteiger partial charge in [-0.3, -0.25) is 0 Å². The first-order chi connectivity index (χ1) is 11.4. The number of aromatic nitrogens is 3. The van der Waals surface area contributed by atoms with E-state index >= 15 is 4.39 Å². The van der Waals surface area contributed by atoms with E-state index in [0.29, 0.717) is 12.8 Å². The molecule has 0 amide bonds. The van der Waals surface area contributed by atoms with Gasteiger partial charge in [-0.25, -0.2) is 12.8 Å². The number of sulfonamides is 1. The summed E-state index contributed by atoms with van der Waals surface area (Å²) in [7, 11) is -3.91. The molecule has 2 aromatic rings. The lowest BCUT2D eigenvalue weighted by Gasteiger charge is -2.44. The van der Waals surface area contributed by atoms with E-state index in [2.05, 4.69) is 14.9 Å². The molecule has 0 saturated heterocycles. The summed E-state index contributed by atoms with van der Waals surface area (Å²) < 4.78 is 44.6. The number of halogens is 1. The van der Waals surface area contributed by atoms with Crippen molar-refractivity contribution in [3.63, 3.8) is 0 Å². The number of rotatable bonds is 5. The van der Waals surface area contributed by atoms with Crippen molar-refractivity contribution in [3.8, 4) is 0 Å². The lowest BCUT2D eigenvalue weighted by molar-refractivity contribution is 0.0150. The first-order valence-electron chi connectivity index (χ1n) is 8.02. The third-order valence-corrected chi connectivity index (χ3v) is 6.35. The van der Waals surface area contributed by atoms with Crippen LogP contribution in [0.1, 0.15) is 39.0 Å². The molecule has 1 aliphatic rings. The van der Waals surface area contributed by atoms with Crippen LogP contribution in [0.4, 0.5) is 4.39 Å². The smallest absolute Gasteiger partial charge is 0.243 e. The zero-order chi connectivity index (χ0) is 17.3. The molecule has 0 spiro atoms. The highest BCUT2D eigenvalue weighted by atomic mass is 32.2. The van der Waals surface area contributed by atoms with E-state index in [-0.39, 0.29) is 17.7 Å². The number of nitrogens with one attached hydrogen (secondary N) is 1. The number of alkyl halides is 1. The van der Waals surface area contributed by atoms with Gasteiger partial charge in [0.1, 0.15) is 12.7 Å². The summed E-state index contributed by atoms with van der Waals surface area (Å²) in [5, 5.41) is 7.62. The third-order valence-electron chi connectivity index (χ3n) is 4.82. The summed E-state index contributed by atoms with van der Waals surface area (Å²) in [6.45, 7) is 1.97. The molecule has 130 valence electrons. The summed E-state index contributed by atoms with van der Waals surface area (Å²) in [6, 6.07) is 7.88. The van der Waals surface area contributed by atoms with Gasteiger partial charge in [0.05, 0.1) is 10.4 Å². The lowest BCUT2D eigenvalue weighted by atomic mass is 9.76. The van der Waals surface area contributed by atoms with Crippen LogP contribution in [0.25, 0.3) is 0 Å². The predicted molar refractivity (Wildman–Crippen MR) is 87.4 cm³/mol. The molecule has 1 fully saturated rings. The monoisotopic (exact) mass is 352 g/mol. The van der Waals surface area contributed by atoms with Crippen molar-refractivity contribution in [1.29, 1.82) is 0 Å². The highest BCUT2D eigenvalue weighted by Gasteiger charge is 2.47. The Labute approximate surface area is 141 Å². The average molecular weight is 352 g/mol. The van der Waals surface area contributed by atoms with E-state index < -0.39 is 21.4 Å². The molecule has 1 N–H and O–H groups in total. The fourth-order valence-electron chi connectivity index (χ4n) is 3.53. The van der Waals surface area contributed by atoms with Gasteiger partial charge in [0.2, 0.25) is 10.0 Å². The van der Waals surface area contributed by atoms with Gasteiger partial charge in [-0.15, -0.1) is 10.2 Å². The lowest BCUT2D eigenvalue weighted by Crippen LogP contribution is -2.53. The Morgan fingerprint density at radius 2 is 1.88 bits per heavy atom. The van der Waals surface area contributed by atoms with E-state index in [1.807, 2.05) is 6.92 Å². The minimum Gasteiger partial charge on any atom is -0.314 e. The quantitative estimate of drug-likeness (QED) is 0.839. The van der Waals surface area contributed by atoms with Crippen LogP contribution in [-0.4, -0.2) is 29.0 Å². The van der Waals surface area contributed by atoms with Crippen LogP contribution in [0, 0.1) is 0 Å². The normalized spacial score (nSPS) is 27.9. The van der Waals surface area contributed by atoms with Crippen molar-refractivity contribution in [1.82, 2.24) is 19.5 Å². The second-order valence-corrected chi connectivity index (χ2v) is 8.04. The molecule has 0 unspecified atom stereocenters. The van der Waals surface area contributed by atoms with Crippen LogP contribution >= 0.6 is 0 Å². The maximum absolute atomic E-state index is 15.5. The summed E-state index contributed by atoms with van der Waals surface area (Å²) in [5.41, 5.74) is -0.518. The molecule has 0 aliphatic heterocycles. The molecular weight excluding hydrogens is 331 g/mol. The molecule has 1 aliphatic carbocycles. The average Bonchev–Trinajstić information content (AvgIpc) is 3.10. The number of nitrogens with zero attached hydrogens (tertiary/aromatic N) is 3. The molecule has 0 bridgehead atoms. The van der Waals surface area contributed by atoms with Crippen LogP contribution in [-0.2, 0) is 15.6 Å². The van der Waals surface area contributed by atoms with Crippen LogP contribution in [0.5, 0.6) is 0 Å². The summed E-state index contributed by atoms with van der Waals surface area (Å²) in [4.78, 5) is 0.0685. The number of hydrogen-bond donors (Lipinski definition) is 1. The molecule has 1 saturated carbocycles. The highest BCUT2D eigenvalue weighted by molar-refractivity contribution is 7.89. The predicted octanol–water partition coefficient (Wildman–Crippen LogP) is 2.60. The van der Waals surface area contributed by atoms with Crippen LogP contribution in [0.15, 0.2) is 47.9 Å². The number of hydrogen-bond acceptors (Lipinski definition) is 4. The first kappa shape index (κ1) is 17.0. The zero-order valence-corrected chi connectivity index (χ0v) is 14.3. The van der Waals surface area contributed by atoms with E-state index in [9.17, 15) is 8.42 Å². The fraction of sp³-hybridized carbons (Fsp3) is 0.500. The minimum atomic E-state index is -3.91. The van der Waals surface area contributed by atoms with Crippen molar-refractivity contribution in [2.75, 3.05) is 0 Å². The van der Waals surface area contributed by atoms with Crippen molar-refractivity contribution in [2.24, 2.45) is 0 Å². The largest absolute Gasteiger partial charge is 0.314 e. The van der Waals surface area contributed by atoms with Gasteiger partial charge in [-0.1, -0.05) is 25.1 Å². The second-order valence-electron chi connectivity index (χ2n) is 6.36. The Kier molecular flexibility index (Phi) is 4.44. The van der Waals surface area contributed by atoms with Gasteiger partial charge in [0.25, 0.3) is 0 Å². The van der Waals surface area contributed by atoms with Gasteiger partial charge in [0.15, 0.2) is 5.79 Å². The molecule has 1 heterocycles. The van der Waals surface area contributed by atoms with E-state index in [1.165, 1.54) is 12.1 Å². The number of benzene rings is 1. The van der Waals surface area contributed by atoms with Crippen LogP contribution in [0.3, 0.4) is 0 Å². The Morgan fingerprint density at radius 3 is 2.50 bits per heavy atom. The van der Waals surface area contributed by atoms with Crippen LogP contribution < -0.4 is 4.72 Å². The maximum atomic E-state index is 15.5. The standard InChI is InChI=1S/C16H21FN4O2S/c1-2-15(21-12-18-19-13-21)9-6-10-16(17,11-15)20-24(22,23)14-7-4-3-5-8-14/h3-5,7-8,12-13,20H,2,6,9-11H2,1H3/t15-,16-/m1/s1. The molecule has 6 nitrogen and oxygen atoms in total. The Hall–Kier alpha value is -1.80. The Balaban J connectivity index is 1.88. The Morgan fingerprint density at radius 1 is 1.21 bits per heavy atom. The van der Waals surface area contributed by atoms with Crippen molar-refractivity contribution >= 4 is 10.0 Å². The van der Waals surface area contributed by atoms with Crippen LogP contribution in [0.2, 0.25) is 0 Å². The molecule has 8 heteroatoms. The molecular formula is C16H21FN4O2S. The highest BCUT2D eigenvalue weighted by Crippen LogP contribution is 2.43. The molecule has 0 radical (unpaired) electrons. The third kappa shape index (κ3) is 3.21. The van der Waals surface area contributed by atoms with Crippen molar-refractivity contribution in [3.05, 3.63) is 43.0 Å². The zero-order valence-electron chi connectivity index (χ0n) is 13.5. The molecule has 1 aromatic heterocycles. The van der Waals surface area contributed by atoms with Gasteiger partial charge < -0.3 is 4.57 Å². The summed E-state index contributed by atoms with van der Waals surface area (Å²) >= 11 is 0. The van der Waals surface area contributed by atoms with Gasteiger partial charge in [-0.05, 0) is 37.8 Å². The first-order valence-corrected chi connectivity index (χ1v) is 9.51. The maximum Gasteiger partial charge on any atom is 0.243 e. The molecule has 1 aromatic carbocycles. The molecule has 24 heavy (non-hydrogen) atoms. The van der Waals surface area contributed by atoms with Gasteiger partial charge in [0, 0.05) is 6.42 Å². The van der Waals surface area contributed by atoms with Crippen molar-refractivity contribution < 1.29 is 12.8 Å². The Bertz CT molecular complexity index is 782. The minimum absolute atomic E-state index is 0.0562. The summed E-state index contributed by atoms with van der Waals surface area (Å²) in [5.74, 6) is -1.99. The second kappa shape index (κ2) is 6.25. The van der Waals surface area contributed by atoms with E-state index in [4.69, 9.17) is 0 Å². The summed E-state index contributed by atoms with van der Waals surface area (Å²) in [6.07, 6.45) is 5.37. The molecule has 2 atom stereocenters. The van der Waals surface area contributed by atoms with E-state index in [1.54, 1.807) is 35.4 Å². The molecule has 3 rings (SSSR count).